The van der Waals surface area contributed by atoms with Gasteiger partial charge < -0.3 is 20.9 Å². The summed E-state index contributed by atoms with van der Waals surface area (Å²) in [5, 5.41) is 12.0. The van der Waals surface area contributed by atoms with Crippen LogP contribution in [0.25, 0.3) is 0 Å². The molecule has 142 valence electrons. The topological polar surface area (TPSA) is 90.5 Å². The summed E-state index contributed by atoms with van der Waals surface area (Å²) in [5.74, 6) is -0.243. The number of nitrogens with one attached hydrogen (secondary N) is 3. The smallest absolute Gasteiger partial charge is 0.252 e. The molecule has 0 spiro atoms. The van der Waals surface area contributed by atoms with E-state index >= 15 is 0 Å². The van der Waals surface area contributed by atoms with Crippen LogP contribution in [0.5, 0.6) is 0 Å². The highest BCUT2D eigenvalue weighted by atomic mass is 32.1. The van der Waals surface area contributed by atoms with Crippen molar-refractivity contribution in [2.75, 3.05) is 31.1 Å². The number of carbonyl (C=O) groups is 3. The first-order valence-corrected chi connectivity index (χ1v) is 9.74. The van der Waals surface area contributed by atoms with Crippen molar-refractivity contribution in [3.8, 4) is 0 Å². The molecule has 3 rings (SSSR count). The number of amides is 3. The van der Waals surface area contributed by atoms with E-state index in [-0.39, 0.29) is 24.1 Å². The summed E-state index contributed by atoms with van der Waals surface area (Å²) in [4.78, 5) is 37.2. The van der Waals surface area contributed by atoms with Gasteiger partial charge in [0.25, 0.3) is 5.91 Å². The lowest BCUT2D eigenvalue weighted by molar-refractivity contribution is -0.121. The highest BCUT2D eigenvalue weighted by Gasteiger charge is 2.16. The van der Waals surface area contributed by atoms with Crippen molar-refractivity contribution in [2.24, 2.45) is 0 Å². The van der Waals surface area contributed by atoms with Gasteiger partial charge >= 0.3 is 0 Å². The van der Waals surface area contributed by atoms with Gasteiger partial charge in [-0.1, -0.05) is 12.1 Å². The fraction of sp³-hybridized carbons (Fsp3) is 0.316. The molecule has 0 aliphatic carbocycles. The van der Waals surface area contributed by atoms with Gasteiger partial charge in [0, 0.05) is 49.2 Å². The highest BCUT2D eigenvalue weighted by Crippen LogP contribution is 2.16. The third-order valence-corrected chi connectivity index (χ3v) is 4.93. The molecule has 27 heavy (non-hydrogen) atoms. The molecule has 1 aromatic heterocycles. The van der Waals surface area contributed by atoms with Crippen molar-refractivity contribution >= 4 is 34.7 Å². The Bertz CT molecular complexity index is 790. The summed E-state index contributed by atoms with van der Waals surface area (Å²) in [6, 6.07) is 9.56. The Labute approximate surface area is 161 Å². The summed E-state index contributed by atoms with van der Waals surface area (Å²) in [5.41, 5.74) is 2.60. The molecule has 1 fully saturated rings. The molecule has 2 aromatic rings. The maximum absolute atomic E-state index is 11.9. The zero-order chi connectivity index (χ0) is 19.1. The standard InChI is InChI=1S/C19H22N4O3S/c24-17(5-7-21-19(26)15-6-10-27-13-15)22-11-14-1-3-16(4-2-14)23-9-8-20-18(25)12-23/h1-4,6,10,13H,5,7-9,11-12H2,(H,20,25)(H,21,26)(H,22,24). The van der Waals surface area contributed by atoms with E-state index in [0.29, 0.717) is 31.7 Å². The van der Waals surface area contributed by atoms with Crippen LogP contribution in [-0.4, -0.2) is 43.9 Å². The van der Waals surface area contributed by atoms with Crippen LogP contribution in [0.3, 0.4) is 0 Å². The van der Waals surface area contributed by atoms with Gasteiger partial charge in [-0.3, -0.25) is 14.4 Å². The molecule has 1 aromatic carbocycles. The molecule has 8 heteroatoms. The van der Waals surface area contributed by atoms with Crippen LogP contribution in [0, 0.1) is 0 Å². The average Bonchev–Trinajstić information content (AvgIpc) is 3.22. The van der Waals surface area contributed by atoms with Crippen molar-refractivity contribution in [1.29, 1.82) is 0 Å². The van der Waals surface area contributed by atoms with E-state index in [9.17, 15) is 14.4 Å². The lowest BCUT2D eigenvalue weighted by Crippen LogP contribution is -2.47. The van der Waals surface area contributed by atoms with Crippen molar-refractivity contribution in [3.05, 3.63) is 52.2 Å². The normalized spacial score (nSPS) is 13.8. The summed E-state index contributed by atoms with van der Waals surface area (Å²) in [6.07, 6.45) is 0.233. The molecule has 3 amide bonds. The zero-order valence-electron chi connectivity index (χ0n) is 14.9. The Morgan fingerprint density at radius 2 is 1.96 bits per heavy atom. The fourth-order valence-electron chi connectivity index (χ4n) is 2.76. The maximum Gasteiger partial charge on any atom is 0.252 e. The zero-order valence-corrected chi connectivity index (χ0v) is 15.7. The Morgan fingerprint density at radius 1 is 1.15 bits per heavy atom. The lowest BCUT2D eigenvalue weighted by atomic mass is 10.1. The number of anilines is 1. The van der Waals surface area contributed by atoms with Gasteiger partial charge in [-0.15, -0.1) is 0 Å². The van der Waals surface area contributed by atoms with E-state index in [0.717, 1.165) is 17.8 Å². The summed E-state index contributed by atoms with van der Waals surface area (Å²) in [7, 11) is 0. The second kappa shape index (κ2) is 9.18. The van der Waals surface area contributed by atoms with Crippen LogP contribution >= 0.6 is 11.3 Å². The van der Waals surface area contributed by atoms with Crippen molar-refractivity contribution in [1.82, 2.24) is 16.0 Å². The Hall–Kier alpha value is -2.87. The number of piperazine rings is 1. The van der Waals surface area contributed by atoms with Crippen molar-refractivity contribution < 1.29 is 14.4 Å². The van der Waals surface area contributed by atoms with Gasteiger partial charge in [-0.2, -0.15) is 11.3 Å². The Morgan fingerprint density at radius 3 is 2.67 bits per heavy atom. The highest BCUT2D eigenvalue weighted by molar-refractivity contribution is 7.08. The van der Waals surface area contributed by atoms with Crippen molar-refractivity contribution in [3.63, 3.8) is 0 Å². The van der Waals surface area contributed by atoms with Crippen LogP contribution in [-0.2, 0) is 16.1 Å². The first-order valence-electron chi connectivity index (χ1n) is 8.79. The Kier molecular flexibility index (Phi) is 6.43. The molecule has 0 unspecified atom stereocenters. The quantitative estimate of drug-likeness (QED) is 0.665. The van der Waals surface area contributed by atoms with Crippen LogP contribution in [0.15, 0.2) is 41.1 Å². The third kappa shape index (κ3) is 5.55. The monoisotopic (exact) mass is 386 g/mol. The van der Waals surface area contributed by atoms with Gasteiger partial charge in [0.2, 0.25) is 11.8 Å². The van der Waals surface area contributed by atoms with Gasteiger partial charge in [-0.25, -0.2) is 0 Å². The Balaban J connectivity index is 1.38. The van der Waals surface area contributed by atoms with E-state index in [4.69, 9.17) is 0 Å². The average molecular weight is 386 g/mol. The summed E-state index contributed by atoms with van der Waals surface area (Å²) >= 11 is 1.46. The molecule has 0 atom stereocenters. The van der Waals surface area contributed by atoms with Gasteiger partial charge in [0.1, 0.15) is 0 Å². The maximum atomic E-state index is 11.9. The first-order chi connectivity index (χ1) is 13.1. The minimum Gasteiger partial charge on any atom is -0.360 e. The van der Waals surface area contributed by atoms with E-state index in [2.05, 4.69) is 16.0 Å². The molecule has 7 nitrogen and oxygen atoms in total. The second-order valence-corrected chi connectivity index (χ2v) is 7.01. The number of benzene rings is 1. The van der Waals surface area contributed by atoms with E-state index in [1.54, 1.807) is 11.4 Å². The molecular weight excluding hydrogens is 364 g/mol. The summed E-state index contributed by atoms with van der Waals surface area (Å²) in [6.45, 7) is 2.54. The number of hydrogen-bond acceptors (Lipinski definition) is 5. The predicted octanol–water partition coefficient (Wildman–Crippen LogP) is 1.12. The fourth-order valence-corrected chi connectivity index (χ4v) is 3.39. The van der Waals surface area contributed by atoms with Crippen LogP contribution in [0.2, 0.25) is 0 Å². The third-order valence-electron chi connectivity index (χ3n) is 4.25. The minimum atomic E-state index is -0.161. The molecule has 1 saturated heterocycles. The largest absolute Gasteiger partial charge is 0.360 e. The summed E-state index contributed by atoms with van der Waals surface area (Å²) < 4.78 is 0. The van der Waals surface area contributed by atoms with Crippen LogP contribution < -0.4 is 20.9 Å². The molecule has 0 radical (unpaired) electrons. The van der Waals surface area contributed by atoms with E-state index in [1.165, 1.54) is 11.3 Å². The van der Waals surface area contributed by atoms with Crippen molar-refractivity contribution in [2.45, 2.75) is 13.0 Å². The first kappa shape index (κ1) is 18.9. The molecule has 1 aliphatic heterocycles. The number of carbonyl (C=O) groups excluding carboxylic acids is 3. The molecule has 2 heterocycles. The van der Waals surface area contributed by atoms with E-state index < -0.39 is 0 Å². The number of hydrogen-bond donors (Lipinski definition) is 3. The number of nitrogens with zero attached hydrogens (tertiary/aromatic N) is 1. The minimum absolute atomic E-state index is 0.0312. The number of thiophene rings is 1. The lowest BCUT2D eigenvalue weighted by Gasteiger charge is -2.28. The van der Waals surface area contributed by atoms with Crippen LogP contribution in [0.1, 0.15) is 22.3 Å². The van der Waals surface area contributed by atoms with Gasteiger partial charge in [0.15, 0.2) is 0 Å². The molecule has 1 aliphatic rings. The van der Waals surface area contributed by atoms with Gasteiger partial charge in [0.05, 0.1) is 6.54 Å². The molecule has 0 saturated carbocycles. The molecular formula is C19H22N4O3S. The molecule has 3 N–H and O–H groups in total. The molecule has 0 bridgehead atoms. The van der Waals surface area contributed by atoms with Gasteiger partial charge in [-0.05, 0) is 29.1 Å². The van der Waals surface area contributed by atoms with Crippen LogP contribution in [0.4, 0.5) is 5.69 Å². The predicted molar refractivity (Wildman–Crippen MR) is 105 cm³/mol. The van der Waals surface area contributed by atoms with E-state index in [1.807, 2.05) is 34.5 Å². The SMILES string of the molecule is O=C(CCNC(=O)c1ccsc1)NCc1ccc(N2CCNC(=O)C2)cc1. The second-order valence-electron chi connectivity index (χ2n) is 6.23. The number of rotatable bonds is 7.